The molecule has 0 saturated heterocycles. The maximum atomic E-state index is 9.57. The van der Waals surface area contributed by atoms with Crippen molar-refractivity contribution in [1.82, 2.24) is 0 Å². The van der Waals surface area contributed by atoms with Crippen molar-refractivity contribution in [3.8, 4) is 0 Å². The lowest BCUT2D eigenvalue weighted by Crippen LogP contribution is -2.18. The first-order valence-corrected chi connectivity index (χ1v) is 9.62. The number of hydrogen-bond donors (Lipinski definition) is 2. The van der Waals surface area contributed by atoms with Crippen molar-refractivity contribution in [2.45, 2.75) is 71.0 Å². The number of thioether (sulfide) groups is 2. The van der Waals surface area contributed by atoms with Crippen LogP contribution in [0.15, 0.2) is 0 Å². The van der Waals surface area contributed by atoms with Crippen LogP contribution in [0.1, 0.15) is 59.8 Å². The summed E-state index contributed by atoms with van der Waals surface area (Å²) >= 11 is 4.00. The largest absolute Gasteiger partial charge is 0.390 e. The molecule has 2 nitrogen and oxygen atoms in total. The maximum Gasteiger partial charge on any atom is 0.0592 e. The predicted octanol–water partition coefficient (Wildman–Crippen LogP) is 3.95. The summed E-state index contributed by atoms with van der Waals surface area (Å²) in [6.07, 6.45) is 5.26. The van der Waals surface area contributed by atoms with Crippen molar-refractivity contribution in [3.63, 3.8) is 0 Å². The second-order valence-corrected chi connectivity index (χ2v) is 8.86. The molecule has 0 aromatic carbocycles. The van der Waals surface area contributed by atoms with Crippen molar-refractivity contribution in [3.05, 3.63) is 0 Å². The normalized spacial score (nSPS) is 12.9. The minimum absolute atomic E-state index is 0.503. The average Bonchev–Trinajstić information content (AvgIpc) is 2.22. The van der Waals surface area contributed by atoms with E-state index in [1.807, 2.05) is 51.2 Å². The fourth-order valence-corrected chi connectivity index (χ4v) is 3.67. The minimum atomic E-state index is -0.503. The van der Waals surface area contributed by atoms with Gasteiger partial charge < -0.3 is 10.2 Å². The van der Waals surface area contributed by atoms with Gasteiger partial charge in [-0.2, -0.15) is 23.5 Å². The van der Waals surface area contributed by atoms with Crippen molar-refractivity contribution in [2.75, 3.05) is 23.0 Å². The van der Waals surface area contributed by atoms with Gasteiger partial charge in [0.05, 0.1) is 11.2 Å². The first kappa shape index (κ1) is 19.6. The van der Waals surface area contributed by atoms with Crippen LogP contribution in [0.3, 0.4) is 0 Å². The molecule has 0 fully saturated rings. The highest BCUT2D eigenvalue weighted by Gasteiger charge is 2.11. The van der Waals surface area contributed by atoms with Gasteiger partial charge in [0.2, 0.25) is 0 Å². The first-order chi connectivity index (χ1) is 8.71. The topological polar surface area (TPSA) is 40.5 Å². The average molecular weight is 309 g/mol. The summed E-state index contributed by atoms with van der Waals surface area (Å²) in [5.74, 6) is 4.77. The second-order valence-electron chi connectivity index (χ2n) is 6.41. The molecule has 0 atom stereocenters. The van der Waals surface area contributed by atoms with E-state index in [1.54, 1.807) is 0 Å². The maximum absolute atomic E-state index is 9.57. The molecule has 4 heteroatoms. The van der Waals surface area contributed by atoms with Gasteiger partial charge in [-0.15, -0.1) is 0 Å². The Bertz CT molecular complexity index is 185. The Morgan fingerprint density at radius 2 is 0.947 bits per heavy atom. The van der Waals surface area contributed by atoms with Gasteiger partial charge in [-0.25, -0.2) is 0 Å². The molecule has 0 heterocycles. The Morgan fingerprint density at radius 1 is 0.632 bits per heavy atom. The van der Waals surface area contributed by atoms with Crippen molar-refractivity contribution in [1.29, 1.82) is 0 Å². The molecular formula is C15H32O2S2. The van der Waals surface area contributed by atoms with Crippen LogP contribution in [-0.2, 0) is 0 Å². The van der Waals surface area contributed by atoms with E-state index in [4.69, 9.17) is 0 Å². The molecule has 0 aliphatic rings. The van der Waals surface area contributed by atoms with Gasteiger partial charge in [0.15, 0.2) is 0 Å². The van der Waals surface area contributed by atoms with Gasteiger partial charge in [-0.1, -0.05) is 0 Å². The van der Waals surface area contributed by atoms with Crippen molar-refractivity contribution in [2.24, 2.45) is 0 Å². The highest BCUT2D eigenvalue weighted by atomic mass is 32.2. The lowest BCUT2D eigenvalue weighted by molar-refractivity contribution is 0.0699. The number of aliphatic hydroxyl groups is 2. The van der Waals surface area contributed by atoms with Gasteiger partial charge >= 0.3 is 0 Å². The lowest BCUT2D eigenvalue weighted by atomic mass is 10.0. The Labute approximate surface area is 128 Å². The molecule has 0 saturated carbocycles. The fraction of sp³-hybridized carbons (Fsp3) is 1.00. The molecule has 0 rings (SSSR count). The molecule has 0 aromatic rings. The Morgan fingerprint density at radius 3 is 1.26 bits per heavy atom. The van der Waals surface area contributed by atoms with Gasteiger partial charge in [0.1, 0.15) is 0 Å². The highest BCUT2D eigenvalue weighted by molar-refractivity contribution is 8.00. The number of hydrogen-bond acceptors (Lipinski definition) is 4. The fourth-order valence-electron chi connectivity index (χ4n) is 1.68. The summed E-state index contributed by atoms with van der Waals surface area (Å²) in [6, 6.07) is 0. The molecule has 0 aromatic heterocycles. The molecule has 0 bridgehead atoms. The molecular weight excluding hydrogens is 276 g/mol. The predicted molar refractivity (Wildman–Crippen MR) is 90.3 cm³/mol. The molecule has 0 aliphatic carbocycles. The summed E-state index contributed by atoms with van der Waals surface area (Å²) in [4.78, 5) is 0. The highest BCUT2D eigenvalue weighted by Crippen LogP contribution is 2.16. The van der Waals surface area contributed by atoms with Crippen molar-refractivity contribution < 1.29 is 10.2 Å². The third-order valence-corrected chi connectivity index (χ3v) is 5.04. The summed E-state index contributed by atoms with van der Waals surface area (Å²) < 4.78 is 0. The zero-order valence-electron chi connectivity index (χ0n) is 13.1. The minimum Gasteiger partial charge on any atom is -0.390 e. The summed E-state index contributed by atoms with van der Waals surface area (Å²) in [5.41, 5.74) is -1.01. The Kier molecular flexibility index (Phi) is 10.7. The van der Waals surface area contributed by atoms with Crippen LogP contribution in [0.4, 0.5) is 0 Å². The summed E-state index contributed by atoms with van der Waals surface area (Å²) in [5, 5.41) is 19.1. The van der Waals surface area contributed by atoms with Crippen molar-refractivity contribution >= 4 is 23.5 Å². The van der Waals surface area contributed by atoms with Crippen LogP contribution in [0.5, 0.6) is 0 Å². The van der Waals surface area contributed by atoms with Crippen LogP contribution in [-0.4, -0.2) is 44.4 Å². The standard InChI is InChI=1S/C15H32O2S2/c1-14(2,16)8-5-10-18-12-7-13-19-11-6-9-15(3,4)17/h16-17H,5-13H2,1-4H3. The molecule has 0 unspecified atom stereocenters. The van der Waals surface area contributed by atoms with E-state index in [-0.39, 0.29) is 0 Å². The molecule has 2 N–H and O–H groups in total. The third-order valence-electron chi connectivity index (χ3n) is 2.73. The van der Waals surface area contributed by atoms with E-state index in [0.717, 1.165) is 37.2 Å². The molecule has 0 aliphatic heterocycles. The van der Waals surface area contributed by atoms with Crippen LogP contribution in [0.25, 0.3) is 0 Å². The lowest BCUT2D eigenvalue weighted by Gasteiger charge is -2.16. The zero-order valence-corrected chi connectivity index (χ0v) is 14.7. The number of rotatable bonds is 12. The van der Waals surface area contributed by atoms with E-state index in [0.29, 0.717) is 0 Å². The molecule has 0 radical (unpaired) electrons. The zero-order chi connectivity index (χ0) is 14.8. The molecule has 19 heavy (non-hydrogen) atoms. The SMILES string of the molecule is CC(C)(O)CCCSCCCSCCCC(C)(C)O. The second kappa shape index (κ2) is 10.4. The van der Waals surface area contributed by atoms with Crippen LogP contribution in [0, 0.1) is 0 Å². The molecule has 0 spiro atoms. The third kappa shape index (κ3) is 18.6. The molecule has 0 amide bonds. The Hall–Kier alpha value is 0.620. The van der Waals surface area contributed by atoms with Crippen LogP contribution < -0.4 is 0 Å². The van der Waals surface area contributed by atoms with E-state index in [9.17, 15) is 10.2 Å². The van der Waals surface area contributed by atoms with E-state index in [1.165, 1.54) is 17.9 Å². The van der Waals surface area contributed by atoms with Crippen LogP contribution >= 0.6 is 23.5 Å². The van der Waals surface area contributed by atoms with E-state index >= 15 is 0 Å². The monoisotopic (exact) mass is 308 g/mol. The van der Waals surface area contributed by atoms with E-state index in [2.05, 4.69) is 0 Å². The summed E-state index contributed by atoms with van der Waals surface area (Å²) in [7, 11) is 0. The van der Waals surface area contributed by atoms with Gasteiger partial charge in [0.25, 0.3) is 0 Å². The van der Waals surface area contributed by atoms with Crippen LogP contribution in [0.2, 0.25) is 0 Å². The molecule has 116 valence electrons. The van der Waals surface area contributed by atoms with E-state index < -0.39 is 11.2 Å². The summed E-state index contributed by atoms with van der Waals surface area (Å²) in [6.45, 7) is 7.51. The quantitative estimate of drug-likeness (QED) is 0.536. The first-order valence-electron chi connectivity index (χ1n) is 7.31. The Balaban J connectivity index is 3.12. The van der Waals surface area contributed by atoms with Gasteiger partial charge in [0, 0.05) is 0 Å². The smallest absolute Gasteiger partial charge is 0.0592 e. The van der Waals surface area contributed by atoms with Gasteiger partial charge in [-0.3, -0.25) is 0 Å². The van der Waals surface area contributed by atoms with Gasteiger partial charge in [-0.05, 0) is 82.8 Å².